The highest BCUT2D eigenvalue weighted by Gasteiger charge is 2.31. The second-order valence-corrected chi connectivity index (χ2v) is 8.46. The molecule has 1 fully saturated rings. The fourth-order valence-corrected chi connectivity index (χ4v) is 4.30. The molecule has 1 aliphatic heterocycles. The highest BCUT2D eigenvalue weighted by atomic mass is 79.9. The predicted molar refractivity (Wildman–Crippen MR) is 119 cm³/mol. The molecule has 0 bridgehead atoms. The van der Waals surface area contributed by atoms with Gasteiger partial charge in [-0.25, -0.2) is 9.79 Å². The van der Waals surface area contributed by atoms with Crippen LogP contribution in [0.2, 0.25) is 0 Å². The van der Waals surface area contributed by atoms with Gasteiger partial charge in [0.15, 0.2) is 16.7 Å². The number of phenolic OH excluding ortho intramolecular Hbond substituents is 1. The van der Waals surface area contributed by atoms with Gasteiger partial charge in [0.2, 0.25) is 0 Å². The van der Waals surface area contributed by atoms with Crippen molar-refractivity contribution in [1.29, 1.82) is 0 Å². The van der Waals surface area contributed by atoms with Crippen LogP contribution in [0.5, 0.6) is 11.5 Å². The van der Waals surface area contributed by atoms with Crippen LogP contribution in [0.15, 0.2) is 49.2 Å². The molecule has 0 spiro atoms. The van der Waals surface area contributed by atoms with Crippen LogP contribution >= 0.6 is 43.6 Å². The van der Waals surface area contributed by atoms with Gasteiger partial charge in [-0.1, -0.05) is 6.07 Å². The van der Waals surface area contributed by atoms with E-state index in [1.807, 2.05) is 0 Å². The van der Waals surface area contributed by atoms with Gasteiger partial charge in [-0.15, -0.1) is 0 Å². The van der Waals surface area contributed by atoms with Crippen LogP contribution in [0.4, 0.5) is 5.69 Å². The number of methoxy groups -OCH3 is 1. The van der Waals surface area contributed by atoms with Crippen molar-refractivity contribution in [3.8, 4) is 11.5 Å². The molecular formula is C19H14Br2N2O5S. The highest BCUT2D eigenvalue weighted by molar-refractivity contribution is 9.13. The van der Waals surface area contributed by atoms with Crippen LogP contribution < -0.4 is 4.74 Å². The number of halogens is 2. The number of thioether (sulfide) groups is 1. The number of carboxylic acids is 1. The molecule has 1 aliphatic rings. The fraction of sp³-hybridized carbons (Fsp3) is 0.105. The van der Waals surface area contributed by atoms with Gasteiger partial charge in [0, 0.05) is 11.5 Å². The minimum absolute atomic E-state index is 0.0513. The number of amides is 1. The van der Waals surface area contributed by atoms with Crippen LogP contribution in [0.25, 0.3) is 6.08 Å². The lowest BCUT2D eigenvalue weighted by Crippen LogP contribution is -2.23. The van der Waals surface area contributed by atoms with E-state index in [0.717, 1.165) is 11.8 Å². The molecule has 150 valence electrons. The number of likely N-dealkylation sites (N-methyl/N-ethyl adjacent to an activating group) is 1. The van der Waals surface area contributed by atoms with Crippen LogP contribution in [0.1, 0.15) is 15.9 Å². The number of benzene rings is 2. The van der Waals surface area contributed by atoms with Gasteiger partial charge in [-0.2, -0.15) is 0 Å². The first-order chi connectivity index (χ1) is 13.7. The lowest BCUT2D eigenvalue weighted by atomic mass is 10.2. The maximum Gasteiger partial charge on any atom is 0.335 e. The Hall–Kier alpha value is -2.30. The Morgan fingerprint density at radius 1 is 1.28 bits per heavy atom. The third kappa shape index (κ3) is 4.34. The molecule has 0 aromatic heterocycles. The quantitative estimate of drug-likeness (QED) is 0.536. The van der Waals surface area contributed by atoms with Crippen molar-refractivity contribution >= 4 is 72.4 Å². The van der Waals surface area contributed by atoms with E-state index in [4.69, 9.17) is 9.84 Å². The van der Waals surface area contributed by atoms with E-state index in [1.165, 1.54) is 24.1 Å². The molecule has 7 nitrogen and oxygen atoms in total. The molecule has 10 heteroatoms. The van der Waals surface area contributed by atoms with E-state index in [9.17, 15) is 14.7 Å². The Morgan fingerprint density at radius 2 is 2.00 bits per heavy atom. The second-order valence-electron chi connectivity index (χ2n) is 5.87. The summed E-state index contributed by atoms with van der Waals surface area (Å²) in [5, 5.41) is 19.6. The van der Waals surface area contributed by atoms with Gasteiger partial charge >= 0.3 is 5.97 Å². The molecule has 0 saturated carbocycles. The summed E-state index contributed by atoms with van der Waals surface area (Å²) in [6.45, 7) is 0. The zero-order valence-electron chi connectivity index (χ0n) is 15.1. The fourth-order valence-electron chi connectivity index (χ4n) is 2.48. The number of carbonyl (C=O) groups excluding carboxylic acids is 1. The number of phenols is 1. The molecule has 1 amide bonds. The smallest absolute Gasteiger partial charge is 0.335 e. The molecule has 3 rings (SSSR count). The lowest BCUT2D eigenvalue weighted by molar-refractivity contribution is -0.121. The standard InChI is InChI=1S/C19H14Br2N2O5S/c1-23-17(25)13(8-10-7-12(28-2)16(24)15(21)14(10)20)29-19(23)22-11-5-3-4-9(6-11)18(26)27/h3-8,24H,1-2H3,(H,26,27). The van der Waals surface area contributed by atoms with Crippen molar-refractivity contribution in [3.63, 3.8) is 0 Å². The Labute approximate surface area is 187 Å². The topological polar surface area (TPSA) is 99.4 Å². The lowest BCUT2D eigenvalue weighted by Gasteiger charge is -2.10. The average Bonchev–Trinajstić information content (AvgIpc) is 2.96. The van der Waals surface area contributed by atoms with E-state index < -0.39 is 5.97 Å². The van der Waals surface area contributed by atoms with Gasteiger partial charge in [-0.05, 0) is 79.5 Å². The zero-order chi connectivity index (χ0) is 21.3. The first kappa shape index (κ1) is 21.4. The normalized spacial score (nSPS) is 16.7. The van der Waals surface area contributed by atoms with Crippen LogP contribution in [0, 0.1) is 0 Å². The molecule has 2 aromatic rings. The van der Waals surface area contributed by atoms with Crippen LogP contribution in [0.3, 0.4) is 0 Å². The molecule has 2 N–H and O–H groups in total. The number of ether oxygens (including phenoxy) is 1. The first-order valence-corrected chi connectivity index (χ1v) is 10.5. The maximum atomic E-state index is 12.7. The molecular weight excluding hydrogens is 528 g/mol. The molecule has 1 saturated heterocycles. The number of hydrogen-bond acceptors (Lipinski definition) is 6. The van der Waals surface area contributed by atoms with Crippen molar-refractivity contribution in [2.75, 3.05) is 14.2 Å². The van der Waals surface area contributed by atoms with Gasteiger partial charge in [0.05, 0.1) is 27.7 Å². The number of hydrogen-bond donors (Lipinski definition) is 2. The monoisotopic (exact) mass is 540 g/mol. The van der Waals surface area contributed by atoms with E-state index in [-0.39, 0.29) is 23.0 Å². The number of aromatic hydroxyl groups is 1. The Kier molecular flexibility index (Phi) is 6.35. The highest BCUT2D eigenvalue weighted by Crippen LogP contribution is 2.43. The first-order valence-electron chi connectivity index (χ1n) is 8.07. The SMILES string of the molecule is COc1cc(C=C2SC(=Nc3cccc(C(=O)O)c3)N(C)C2=O)c(Br)c(Br)c1O. The molecule has 0 unspecified atom stereocenters. The summed E-state index contributed by atoms with van der Waals surface area (Å²) in [4.78, 5) is 30.0. The molecule has 29 heavy (non-hydrogen) atoms. The largest absolute Gasteiger partial charge is 0.503 e. The summed E-state index contributed by atoms with van der Waals surface area (Å²) in [6, 6.07) is 7.78. The van der Waals surface area contributed by atoms with Crippen molar-refractivity contribution in [3.05, 3.63) is 55.3 Å². The van der Waals surface area contributed by atoms with E-state index >= 15 is 0 Å². The number of nitrogens with zero attached hydrogens (tertiary/aromatic N) is 2. The van der Waals surface area contributed by atoms with Crippen molar-refractivity contribution < 1.29 is 24.5 Å². The molecule has 2 aromatic carbocycles. The third-order valence-corrected chi connectivity index (χ3v) is 7.22. The minimum Gasteiger partial charge on any atom is -0.503 e. The minimum atomic E-state index is -1.05. The Bertz CT molecular complexity index is 1080. The zero-order valence-corrected chi connectivity index (χ0v) is 19.1. The number of aliphatic imine (C=N–C) groups is 1. The number of aromatic carboxylic acids is 1. The van der Waals surface area contributed by atoms with Crippen LogP contribution in [-0.2, 0) is 4.79 Å². The summed E-state index contributed by atoms with van der Waals surface area (Å²) >= 11 is 7.86. The Morgan fingerprint density at radius 3 is 2.66 bits per heavy atom. The molecule has 1 heterocycles. The van der Waals surface area contributed by atoms with Gasteiger partial charge in [-0.3, -0.25) is 9.69 Å². The molecule has 0 atom stereocenters. The summed E-state index contributed by atoms with van der Waals surface area (Å²) in [5.41, 5.74) is 1.18. The van der Waals surface area contributed by atoms with E-state index in [0.29, 0.717) is 30.3 Å². The van der Waals surface area contributed by atoms with Gasteiger partial charge < -0.3 is 14.9 Å². The summed E-state index contributed by atoms with van der Waals surface area (Å²) in [5.74, 6) is -1.09. The van der Waals surface area contributed by atoms with Crippen molar-refractivity contribution in [2.24, 2.45) is 4.99 Å². The second kappa shape index (κ2) is 8.60. The number of rotatable bonds is 4. The molecule has 0 radical (unpaired) electrons. The van der Waals surface area contributed by atoms with Gasteiger partial charge in [0.1, 0.15) is 0 Å². The summed E-state index contributed by atoms with van der Waals surface area (Å²) < 4.78 is 6.14. The van der Waals surface area contributed by atoms with Crippen LogP contribution in [-0.4, -0.2) is 46.3 Å². The third-order valence-electron chi connectivity index (χ3n) is 4.00. The predicted octanol–water partition coefficient (Wildman–Crippen LogP) is 4.86. The van der Waals surface area contributed by atoms with Gasteiger partial charge in [0.25, 0.3) is 5.91 Å². The maximum absolute atomic E-state index is 12.7. The summed E-state index contributed by atoms with van der Waals surface area (Å²) in [7, 11) is 3.03. The van der Waals surface area contributed by atoms with Crippen molar-refractivity contribution in [2.45, 2.75) is 0 Å². The van der Waals surface area contributed by atoms with Crippen molar-refractivity contribution in [1.82, 2.24) is 4.90 Å². The number of carboxylic acid groups (broad SMARTS) is 1. The number of amidine groups is 1. The molecule has 0 aliphatic carbocycles. The van der Waals surface area contributed by atoms with E-state index in [1.54, 1.807) is 31.3 Å². The average molecular weight is 542 g/mol. The summed E-state index contributed by atoms with van der Waals surface area (Å²) in [6.07, 6.45) is 1.66. The Balaban J connectivity index is 1.98. The van der Waals surface area contributed by atoms with E-state index in [2.05, 4.69) is 36.9 Å². The number of carbonyl (C=O) groups is 2.